The lowest BCUT2D eigenvalue weighted by molar-refractivity contribution is 0.412. The molecule has 2 aromatic heterocycles. The molecule has 0 bridgehead atoms. The molecular formula is C14H20BrN3O2S. The third kappa shape index (κ3) is 3.71. The molecule has 1 unspecified atom stereocenters. The molecule has 0 spiro atoms. The van der Waals surface area contributed by atoms with Crippen LogP contribution in [0, 0.1) is 0 Å². The van der Waals surface area contributed by atoms with Crippen molar-refractivity contribution >= 4 is 32.9 Å². The largest absolute Gasteiger partial charge is 0.598 e. The first-order valence-corrected chi connectivity index (χ1v) is 8.57. The van der Waals surface area contributed by atoms with Gasteiger partial charge in [-0.3, -0.25) is 0 Å². The Morgan fingerprint density at radius 1 is 1.43 bits per heavy atom. The van der Waals surface area contributed by atoms with Crippen molar-refractivity contribution in [1.82, 2.24) is 14.1 Å². The summed E-state index contributed by atoms with van der Waals surface area (Å²) >= 11 is 2.35. The number of nitrogens with one attached hydrogen (secondary N) is 1. The summed E-state index contributed by atoms with van der Waals surface area (Å²) in [4.78, 5) is 4.59. The van der Waals surface area contributed by atoms with Gasteiger partial charge in [-0.1, -0.05) is 0 Å². The van der Waals surface area contributed by atoms with Gasteiger partial charge in [0.25, 0.3) is 0 Å². The van der Waals surface area contributed by atoms with Crippen LogP contribution in [0.15, 0.2) is 22.9 Å². The van der Waals surface area contributed by atoms with E-state index in [4.69, 9.17) is 4.74 Å². The average Bonchev–Trinajstić information content (AvgIpc) is 2.81. The monoisotopic (exact) mass is 373 g/mol. The third-order valence-corrected chi connectivity index (χ3v) is 5.28. The molecule has 2 atom stereocenters. The lowest BCUT2D eigenvalue weighted by Crippen LogP contribution is -2.40. The summed E-state index contributed by atoms with van der Waals surface area (Å²) in [6.07, 6.45) is 3.78. The average molecular weight is 374 g/mol. The standard InChI is InChI=1S/C14H20BrN3O2S/c1-9(17-21(19)14(2,3)4)12-8-18-7-10(20-5)6-11(15)13(18)16-12/h6-9,17H,1-5H3/t9-,21?/m1/s1. The van der Waals surface area contributed by atoms with Gasteiger partial charge in [0.15, 0.2) is 5.65 Å². The number of halogens is 1. The van der Waals surface area contributed by atoms with Gasteiger partial charge in [-0.25, -0.2) is 4.98 Å². The molecule has 7 heteroatoms. The van der Waals surface area contributed by atoms with Gasteiger partial charge in [0.05, 0.1) is 29.5 Å². The summed E-state index contributed by atoms with van der Waals surface area (Å²) in [6, 6.07) is 1.76. The maximum absolute atomic E-state index is 12.2. The van der Waals surface area contributed by atoms with E-state index < -0.39 is 11.4 Å². The molecule has 0 aliphatic carbocycles. The summed E-state index contributed by atoms with van der Waals surface area (Å²) < 4.78 is 23.0. The van der Waals surface area contributed by atoms with Crippen molar-refractivity contribution < 1.29 is 9.29 Å². The lowest BCUT2D eigenvalue weighted by atomic mass is 10.3. The molecule has 2 heterocycles. The second-order valence-electron chi connectivity index (χ2n) is 5.85. The Balaban J connectivity index is 2.28. The topological polar surface area (TPSA) is 61.6 Å². The molecule has 0 aliphatic heterocycles. The van der Waals surface area contributed by atoms with Gasteiger partial charge in [-0.05, 0) is 49.7 Å². The molecule has 0 saturated carbocycles. The second kappa shape index (κ2) is 6.16. The molecule has 1 N–H and O–H groups in total. The first-order chi connectivity index (χ1) is 9.72. The number of fused-ring (bicyclic) bond motifs is 1. The van der Waals surface area contributed by atoms with Crippen LogP contribution in [0.5, 0.6) is 5.75 Å². The number of pyridine rings is 1. The fourth-order valence-corrected chi connectivity index (χ4v) is 3.08. The Labute approximate surface area is 136 Å². The van der Waals surface area contributed by atoms with Crippen LogP contribution in [-0.2, 0) is 11.4 Å². The van der Waals surface area contributed by atoms with Gasteiger partial charge in [0.1, 0.15) is 10.5 Å². The predicted molar refractivity (Wildman–Crippen MR) is 88.9 cm³/mol. The van der Waals surface area contributed by atoms with E-state index in [-0.39, 0.29) is 10.8 Å². The summed E-state index contributed by atoms with van der Waals surface area (Å²) in [6.45, 7) is 7.77. The van der Waals surface area contributed by atoms with E-state index in [9.17, 15) is 4.55 Å². The van der Waals surface area contributed by atoms with Crippen LogP contribution in [0.1, 0.15) is 39.4 Å². The predicted octanol–water partition coefficient (Wildman–Crippen LogP) is 3.22. The quantitative estimate of drug-likeness (QED) is 0.835. The Morgan fingerprint density at radius 3 is 2.67 bits per heavy atom. The molecule has 0 aliphatic rings. The molecule has 0 aromatic carbocycles. The molecule has 116 valence electrons. The Kier molecular flexibility index (Phi) is 4.87. The molecule has 5 nitrogen and oxygen atoms in total. The minimum Gasteiger partial charge on any atom is -0.598 e. The molecular weight excluding hydrogens is 354 g/mol. The van der Waals surface area contributed by atoms with Crippen LogP contribution in [0.3, 0.4) is 0 Å². The summed E-state index contributed by atoms with van der Waals surface area (Å²) in [5.41, 5.74) is 1.64. The van der Waals surface area contributed by atoms with Crippen LogP contribution in [0.25, 0.3) is 5.65 Å². The number of ether oxygens (including phenoxy) is 1. The van der Waals surface area contributed by atoms with E-state index in [1.807, 2.05) is 50.6 Å². The summed E-state index contributed by atoms with van der Waals surface area (Å²) in [7, 11) is 1.63. The first-order valence-electron chi connectivity index (χ1n) is 6.62. The molecule has 2 aromatic rings. The van der Waals surface area contributed by atoms with Crippen molar-refractivity contribution in [3.63, 3.8) is 0 Å². The Hall–Kier alpha value is -0.760. The maximum Gasteiger partial charge on any atom is 0.151 e. The highest BCUT2D eigenvalue weighted by Crippen LogP contribution is 2.26. The number of imidazole rings is 1. The highest BCUT2D eigenvalue weighted by Gasteiger charge is 2.29. The van der Waals surface area contributed by atoms with Crippen LogP contribution in [0.2, 0.25) is 0 Å². The number of hydrogen-bond donors (Lipinski definition) is 1. The summed E-state index contributed by atoms with van der Waals surface area (Å²) in [5, 5.41) is 0. The van der Waals surface area contributed by atoms with Crippen LogP contribution < -0.4 is 9.46 Å². The van der Waals surface area contributed by atoms with E-state index in [2.05, 4.69) is 25.6 Å². The fraction of sp³-hybridized carbons (Fsp3) is 0.500. The Morgan fingerprint density at radius 2 is 2.10 bits per heavy atom. The number of rotatable bonds is 4. The highest BCUT2D eigenvalue weighted by molar-refractivity contribution is 9.10. The zero-order valence-corrected chi connectivity index (χ0v) is 15.2. The molecule has 0 amide bonds. The first kappa shape index (κ1) is 16.6. The van der Waals surface area contributed by atoms with Crippen molar-refractivity contribution in [2.24, 2.45) is 0 Å². The molecule has 2 rings (SSSR count). The van der Waals surface area contributed by atoms with E-state index in [0.29, 0.717) is 0 Å². The maximum atomic E-state index is 12.2. The minimum absolute atomic E-state index is 0.108. The lowest BCUT2D eigenvalue weighted by Gasteiger charge is -2.25. The van der Waals surface area contributed by atoms with Gasteiger partial charge in [-0.15, -0.1) is 4.72 Å². The van der Waals surface area contributed by atoms with E-state index in [1.165, 1.54) is 0 Å². The zero-order chi connectivity index (χ0) is 15.8. The minimum atomic E-state index is -1.14. The van der Waals surface area contributed by atoms with Crippen molar-refractivity contribution in [3.8, 4) is 5.75 Å². The smallest absolute Gasteiger partial charge is 0.151 e. The fourth-order valence-electron chi connectivity index (χ4n) is 1.77. The molecule has 21 heavy (non-hydrogen) atoms. The van der Waals surface area contributed by atoms with Crippen molar-refractivity contribution in [2.75, 3.05) is 7.11 Å². The van der Waals surface area contributed by atoms with E-state index in [0.717, 1.165) is 21.6 Å². The van der Waals surface area contributed by atoms with Crippen molar-refractivity contribution in [2.45, 2.75) is 38.5 Å². The highest BCUT2D eigenvalue weighted by atomic mass is 79.9. The number of nitrogens with zero attached hydrogens (tertiary/aromatic N) is 2. The zero-order valence-electron chi connectivity index (χ0n) is 12.8. The van der Waals surface area contributed by atoms with Gasteiger partial charge < -0.3 is 13.7 Å². The van der Waals surface area contributed by atoms with Gasteiger partial charge >= 0.3 is 0 Å². The molecule has 0 radical (unpaired) electrons. The number of methoxy groups -OCH3 is 1. The van der Waals surface area contributed by atoms with Crippen molar-refractivity contribution in [1.29, 1.82) is 0 Å². The number of hydrogen-bond acceptors (Lipinski definition) is 4. The van der Waals surface area contributed by atoms with Gasteiger partial charge in [-0.2, -0.15) is 0 Å². The van der Waals surface area contributed by atoms with Crippen LogP contribution in [0.4, 0.5) is 0 Å². The third-order valence-electron chi connectivity index (χ3n) is 3.02. The van der Waals surface area contributed by atoms with Crippen LogP contribution in [-0.4, -0.2) is 25.8 Å². The normalized spacial score (nSPS) is 15.2. The van der Waals surface area contributed by atoms with E-state index in [1.54, 1.807) is 7.11 Å². The number of aromatic nitrogens is 2. The van der Waals surface area contributed by atoms with Crippen LogP contribution >= 0.6 is 15.9 Å². The molecule has 0 fully saturated rings. The molecule has 0 saturated heterocycles. The van der Waals surface area contributed by atoms with E-state index >= 15 is 0 Å². The summed E-state index contributed by atoms with van der Waals surface area (Å²) in [5.74, 6) is 0.747. The SMILES string of the molecule is COc1cc(Br)c2nc([C@@H](C)N[S+]([O-])C(C)(C)C)cn2c1. The Bertz CT molecular complexity index is 639. The van der Waals surface area contributed by atoms with Gasteiger partial charge in [0.2, 0.25) is 0 Å². The van der Waals surface area contributed by atoms with Crippen molar-refractivity contribution in [3.05, 3.63) is 28.6 Å². The van der Waals surface area contributed by atoms with Gasteiger partial charge in [0, 0.05) is 17.6 Å². The second-order valence-corrected chi connectivity index (χ2v) is 8.70.